The van der Waals surface area contributed by atoms with E-state index in [0.29, 0.717) is 11.3 Å². The Labute approximate surface area is 76.1 Å². The van der Waals surface area contributed by atoms with Crippen molar-refractivity contribution >= 4 is 11.6 Å². The maximum atomic E-state index is 12.5. The average molecular weight is 179 g/mol. The summed E-state index contributed by atoms with van der Waals surface area (Å²) >= 11 is 0. The van der Waals surface area contributed by atoms with Gasteiger partial charge in [-0.25, -0.2) is 9.38 Å². The smallest absolute Gasteiger partial charge is 0.267 e. The Morgan fingerprint density at radius 2 is 1.77 bits per heavy atom. The molecule has 2 nitrogen and oxygen atoms in total. The van der Waals surface area contributed by atoms with Crippen molar-refractivity contribution in [1.29, 1.82) is 0 Å². The highest BCUT2D eigenvalue weighted by Gasteiger charge is 2.02. The second kappa shape index (κ2) is 3.94. The van der Waals surface area contributed by atoms with Crippen LogP contribution in [0.25, 0.3) is 0 Å². The van der Waals surface area contributed by atoms with Crippen LogP contribution < -0.4 is 0 Å². The minimum atomic E-state index is -0.353. The molecule has 0 atom stereocenters. The Hall–Kier alpha value is -1.51. The summed E-state index contributed by atoms with van der Waals surface area (Å²) in [5.74, 6) is -0.686. The van der Waals surface area contributed by atoms with E-state index in [2.05, 4.69) is 4.99 Å². The molecule has 1 aromatic rings. The molecule has 68 valence electrons. The second-order valence-corrected chi connectivity index (χ2v) is 2.87. The highest BCUT2D eigenvalue weighted by atomic mass is 19.1. The molecule has 0 unspecified atom stereocenters. The van der Waals surface area contributed by atoms with Gasteiger partial charge in [-0.3, -0.25) is 4.79 Å². The molecule has 0 aliphatic heterocycles. The minimum absolute atomic E-state index is 0.333. The maximum Gasteiger partial charge on any atom is 0.276 e. The molecule has 0 spiro atoms. The summed E-state index contributed by atoms with van der Waals surface area (Å²) in [4.78, 5) is 15.0. The van der Waals surface area contributed by atoms with Gasteiger partial charge in [0.15, 0.2) is 0 Å². The zero-order chi connectivity index (χ0) is 9.84. The van der Waals surface area contributed by atoms with Crippen molar-refractivity contribution in [3.8, 4) is 0 Å². The Balaban J connectivity index is 2.90. The van der Waals surface area contributed by atoms with Crippen LogP contribution in [-0.4, -0.2) is 11.6 Å². The van der Waals surface area contributed by atoms with Gasteiger partial charge in [0.2, 0.25) is 0 Å². The van der Waals surface area contributed by atoms with Gasteiger partial charge in [0, 0.05) is 11.3 Å². The highest BCUT2D eigenvalue weighted by molar-refractivity contribution is 6.02. The average Bonchev–Trinajstić information content (AvgIpc) is 2.04. The quantitative estimate of drug-likeness (QED) is 0.609. The molecule has 0 fully saturated rings. The van der Waals surface area contributed by atoms with Gasteiger partial charge in [0.1, 0.15) is 5.82 Å². The standard InChI is InChI=1S/C10H10FNO/c1-7(2)12-10(13)8-3-5-9(11)6-4-8/h3-6H,1-2H3. The summed E-state index contributed by atoms with van der Waals surface area (Å²) < 4.78 is 12.5. The number of rotatable bonds is 1. The number of amides is 1. The molecule has 0 aromatic heterocycles. The van der Waals surface area contributed by atoms with E-state index < -0.39 is 0 Å². The van der Waals surface area contributed by atoms with Gasteiger partial charge in [-0.05, 0) is 38.1 Å². The summed E-state index contributed by atoms with van der Waals surface area (Å²) in [7, 11) is 0. The molecular formula is C10H10FNO. The first kappa shape index (κ1) is 9.58. The fraction of sp³-hybridized carbons (Fsp3) is 0.200. The molecule has 0 saturated heterocycles. The van der Waals surface area contributed by atoms with Crippen LogP contribution in [0.2, 0.25) is 0 Å². The molecule has 3 heteroatoms. The maximum absolute atomic E-state index is 12.5. The van der Waals surface area contributed by atoms with Crippen LogP contribution >= 0.6 is 0 Å². The van der Waals surface area contributed by atoms with E-state index >= 15 is 0 Å². The van der Waals surface area contributed by atoms with Crippen LogP contribution in [0.4, 0.5) is 4.39 Å². The molecule has 1 rings (SSSR count). The van der Waals surface area contributed by atoms with Crippen LogP contribution in [0.5, 0.6) is 0 Å². The van der Waals surface area contributed by atoms with Gasteiger partial charge >= 0.3 is 0 Å². The van der Waals surface area contributed by atoms with Crippen LogP contribution in [0.3, 0.4) is 0 Å². The summed E-state index contributed by atoms with van der Waals surface area (Å²) in [6, 6.07) is 5.33. The summed E-state index contributed by atoms with van der Waals surface area (Å²) in [6.45, 7) is 3.48. The van der Waals surface area contributed by atoms with Gasteiger partial charge in [-0.2, -0.15) is 0 Å². The highest BCUT2D eigenvalue weighted by Crippen LogP contribution is 2.04. The topological polar surface area (TPSA) is 29.4 Å². The monoisotopic (exact) mass is 179 g/mol. The molecule has 0 radical (unpaired) electrons. The number of carbonyl (C=O) groups is 1. The van der Waals surface area contributed by atoms with Crippen LogP contribution in [-0.2, 0) is 0 Å². The molecule has 0 aliphatic rings. The van der Waals surface area contributed by atoms with Crippen molar-refractivity contribution in [3.05, 3.63) is 35.6 Å². The van der Waals surface area contributed by atoms with Crippen molar-refractivity contribution in [2.75, 3.05) is 0 Å². The van der Waals surface area contributed by atoms with Gasteiger partial charge < -0.3 is 0 Å². The minimum Gasteiger partial charge on any atom is -0.267 e. The zero-order valence-corrected chi connectivity index (χ0v) is 7.54. The Morgan fingerprint density at radius 3 is 2.23 bits per heavy atom. The third kappa shape index (κ3) is 2.78. The number of halogens is 1. The van der Waals surface area contributed by atoms with Crippen molar-refractivity contribution in [3.63, 3.8) is 0 Å². The molecule has 1 amide bonds. The van der Waals surface area contributed by atoms with Gasteiger partial charge in [0.05, 0.1) is 0 Å². The van der Waals surface area contributed by atoms with E-state index in [4.69, 9.17) is 0 Å². The largest absolute Gasteiger partial charge is 0.276 e. The molecule has 0 aliphatic carbocycles. The Morgan fingerprint density at radius 1 is 1.23 bits per heavy atom. The molecule has 0 saturated carbocycles. The lowest BCUT2D eigenvalue weighted by Crippen LogP contribution is -1.97. The number of hydrogen-bond donors (Lipinski definition) is 0. The van der Waals surface area contributed by atoms with Gasteiger partial charge in [-0.1, -0.05) is 0 Å². The number of nitrogens with zero attached hydrogens (tertiary/aromatic N) is 1. The number of carbonyl (C=O) groups excluding carboxylic acids is 1. The molecule has 0 N–H and O–H groups in total. The number of aliphatic imine (C=N–C) groups is 1. The van der Waals surface area contributed by atoms with Gasteiger partial charge in [0.25, 0.3) is 5.91 Å². The van der Waals surface area contributed by atoms with Crippen molar-refractivity contribution in [2.45, 2.75) is 13.8 Å². The first-order valence-corrected chi connectivity index (χ1v) is 3.91. The van der Waals surface area contributed by atoms with E-state index in [9.17, 15) is 9.18 Å². The fourth-order valence-corrected chi connectivity index (χ4v) is 0.860. The van der Waals surface area contributed by atoms with Gasteiger partial charge in [-0.15, -0.1) is 0 Å². The van der Waals surface area contributed by atoms with Crippen LogP contribution in [0.1, 0.15) is 24.2 Å². The van der Waals surface area contributed by atoms with E-state index in [1.165, 1.54) is 24.3 Å². The zero-order valence-electron chi connectivity index (χ0n) is 7.54. The van der Waals surface area contributed by atoms with Crippen LogP contribution in [0.15, 0.2) is 29.3 Å². The predicted octanol–water partition coefficient (Wildman–Crippen LogP) is 2.45. The van der Waals surface area contributed by atoms with Crippen molar-refractivity contribution in [1.82, 2.24) is 0 Å². The lowest BCUT2D eigenvalue weighted by Gasteiger charge is -1.95. The number of hydrogen-bond acceptors (Lipinski definition) is 1. The van der Waals surface area contributed by atoms with E-state index in [1.807, 2.05) is 0 Å². The molecule has 13 heavy (non-hydrogen) atoms. The fourth-order valence-electron chi connectivity index (χ4n) is 0.860. The van der Waals surface area contributed by atoms with E-state index in [-0.39, 0.29) is 11.7 Å². The molecular weight excluding hydrogens is 169 g/mol. The number of benzene rings is 1. The lowest BCUT2D eigenvalue weighted by atomic mass is 10.2. The summed E-state index contributed by atoms with van der Waals surface area (Å²) in [5, 5.41) is 0. The Bertz CT molecular complexity index is 336. The van der Waals surface area contributed by atoms with Crippen molar-refractivity contribution < 1.29 is 9.18 Å². The predicted molar refractivity (Wildman–Crippen MR) is 49.5 cm³/mol. The first-order chi connectivity index (χ1) is 6.09. The lowest BCUT2D eigenvalue weighted by molar-refractivity contribution is 0.100. The molecule has 0 bridgehead atoms. The third-order valence-corrected chi connectivity index (χ3v) is 1.42. The summed E-state index contributed by atoms with van der Waals surface area (Å²) in [5.41, 5.74) is 1.09. The summed E-state index contributed by atoms with van der Waals surface area (Å²) in [6.07, 6.45) is 0. The molecule has 1 aromatic carbocycles. The van der Waals surface area contributed by atoms with E-state index in [0.717, 1.165) is 0 Å². The van der Waals surface area contributed by atoms with E-state index in [1.54, 1.807) is 13.8 Å². The second-order valence-electron chi connectivity index (χ2n) is 2.87. The van der Waals surface area contributed by atoms with Crippen molar-refractivity contribution in [2.24, 2.45) is 4.99 Å². The normalized spacial score (nSPS) is 9.46. The Kier molecular flexibility index (Phi) is 2.90. The third-order valence-electron chi connectivity index (χ3n) is 1.42. The SMILES string of the molecule is CC(C)=NC(=O)c1ccc(F)cc1. The first-order valence-electron chi connectivity index (χ1n) is 3.91. The van der Waals surface area contributed by atoms with Crippen LogP contribution in [0, 0.1) is 5.82 Å². The molecule has 0 heterocycles.